The molecular formula is C41H51N5O6Si. The summed E-state index contributed by atoms with van der Waals surface area (Å²) in [4.78, 5) is 63.2. The summed E-state index contributed by atoms with van der Waals surface area (Å²) in [6, 6.07) is 25.5. The minimum Gasteiger partial charge on any atom is -0.432 e. The molecule has 0 aromatic heterocycles. The number of aliphatic hydroxyl groups is 1. The van der Waals surface area contributed by atoms with Gasteiger partial charge in [0.2, 0.25) is 5.91 Å². The van der Waals surface area contributed by atoms with Crippen LogP contribution in [0.1, 0.15) is 50.2 Å². The lowest BCUT2D eigenvalue weighted by Gasteiger charge is -2.39. The van der Waals surface area contributed by atoms with Gasteiger partial charge in [-0.05, 0) is 87.8 Å². The van der Waals surface area contributed by atoms with Crippen LogP contribution >= 0.6 is 0 Å². The predicted molar refractivity (Wildman–Crippen MR) is 206 cm³/mol. The maximum Gasteiger partial charge on any atom is 0.264 e. The molecule has 5 atom stereocenters. The van der Waals surface area contributed by atoms with Gasteiger partial charge in [-0.3, -0.25) is 19.3 Å². The first-order valence-corrected chi connectivity index (χ1v) is 22.2. The van der Waals surface area contributed by atoms with Crippen LogP contribution in [0.2, 0.25) is 18.6 Å². The van der Waals surface area contributed by atoms with Crippen LogP contribution in [0.4, 0.5) is 17.1 Å². The van der Waals surface area contributed by atoms with E-state index in [4.69, 9.17) is 4.74 Å². The van der Waals surface area contributed by atoms with Gasteiger partial charge in [0.15, 0.2) is 13.9 Å². The standard InChI is InChI=1S/C41H51N5O6Si/c1-28-37(53(2,3)51)35(24-36(48)43-22-10-15-32(43)26-47)52-41(28)33-23-31(16-17-34(33)44(39(41)50)25-29-11-6-4-7-12-29)45-27-46(30-13-8-5-9-14-30)40(38(45)49)18-20-42-21-19-40/h4-9,11-14,16-17,23,28,32,35,37,42,47,51H,10,15,18-22,24-27H2,1-3H3/t28-,32+,35+,37-,41+/m1/s1. The topological polar surface area (TPSA) is 126 Å². The van der Waals surface area contributed by atoms with Gasteiger partial charge in [-0.15, -0.1) is 0 Å². The average Bonchev–Trinajstić information content (AvgIpc) is 3.89. The Balaban J connectivity index is 1.22. The van der Waals surface area contributed by atoms with Crippen LogP contribution in [0.15, 0.2) is 78.9 Å². The summed E-state index contributed by atoms with van der Waals surface area (Å²) in [5.41, 5.74) is 1.42. The molecule has 0 unspecified atom stereocenters. The molecule has 0 bridgehead atoms. The molecule has 4 saturated heterocycles. The van der Waals surface area contributed by atoms with E-state index in [0.717, 1.165) is 37.2 Å². The number of ether oxygens (including phenoxy) is 1. The highest BCUT2D eigenvalue weighted by Crippen LogP contribution is 2.60. The summed E-state index contributed by atoms with van der Waals surface area (Å²) in [5.74, 6) is -0.776. The molecule has 4 fully saturated rings. The zero-order valence-electron chi connectivity index (χ0n) is 30.9. The number of rotatable bonds is 8. The summed E-state index contributed by atoms with van der Waals surface area (Å²) in [6.45, 7) is 8.34. The number of likely N-dealkylation sites (tertiary alicyclic amines) is 1. The average molecular weight is 738 g/mol. The quantitative estimate of drug-likeness (QED) is 0.292. The van der Waals surface area contributed by atoms with Crippen molar-refractivity contribution in [2.24, 2.45) is 5.92 Å². The molecule has 12 heteroatoms. The normalized spacial score (nSPS) is 28.2. The van der Waals surface area contributed by atoms with Crippen LogP contribution < -0.4 is 20.0 Å². The van der Waals surface area contributed by atoms with Crippen molar-refractivity contribution in [3.63, 3.8) is 0 Å². The molecular weight excluding hydrogens is 687 g/mol. The highest BCUT2D eigenvalue weighted by Gasteiger charge is 2.67. The van der Waals surface area contributed by atoms with E-state index in [1.165, 1.54) is 0 Å². The summed E-state index contributed by atoms with van der Waals surface area (Å²) >= 11 is 0. The second kappa shape index (κ2) is 13.7. The molecule has 0 saturated carbocycles. The molecule has 2 spiro atoms. The smallest absolute Gasteiger partial charge is 0.264 e. The van der Waals surface area contributed by atoms with E-state index in [2.05, 4.69) is 22.3 Å². The summed E-state index contributed by atoms with van der Waals surface area (Å²) in [7, 11) is -3.04. The minimum atomic E-state index is -3.04. The number of aliphatic hydroxyl groups excluding tert-OH is 1. The van der Waals surface area contributed by atoms with Crippen LogP contribution in [0.5, 0.6) is 0 Å². The number of hydrogen-bond donors (Lipinski definition) is 3. The molecule has 5 heterocycles. The fourth-order valence-electron chi connectivity index (χ4n) is 10.2. The Morgan fingerprint density at radius 3 is 2.34 bits per heavy atom. The number of carbonyl (C=O) groups is 3. The van der Waals surface area contributed by atoms with Crippen molar-refractivity contribution in [1.82, 2.24) is 10.2 Å². The van der Waals surface area contributed by atoms with Gasteiger partial charge >= 0.3 is 0 Å². The van der Waals surface area contributed by atoms with Crippen molar-refractivity contribution >= 4 is 43.1 Å². The van der Waals surface area contributed by atoms with E-state index in [1.54, 1.807) is 9.80 Å². The Kier molecular flexibility index (Phi) is 9.25. The number of fused-ring (bicyclic) bond motifs is 2. The number of hydrogen-bond acceptors (Lipinski definition) is 8. The first-order chi connectivity index (χ1) is 25.5. The van der Waals surface area contributed by atoms with Gasteiger partial charge < -0.3 is 34.7 Å². The fourth-order valence-corrected chi connectivity index (χ4v) is 12.7. The molecule has 0 aliphatic carbocycles. The second-order valence-corrected chi connectivity index (χ2v) is 20.1. The lowest BCUT2D eigenvalue weighted by Crippen LogP contribution is -2.55. The number of para-hydroxylation sites is 1. The molecule has 0 radical (unpaired) electrons. The molecule has 53 heavy (non-hydrogen) atoms. The first-order valence-electron chi connectivity index (χ1n) is 19.2. The highest BCUT2D eigenvalue weighted by molar-refractivity contribution is 6.71. The molecule has 5 aliphatic rings. The van der Waals surface area contributed by atoms with Crippen LogP contribution in [0.3, 0.4) is 0 Å². The highest BCUT2D eigenvalue weighted by atomic mass is 28.4. The monoisotopic (exact) mass is 737 g/mol. The number of anilines is 3. The van der Waals surface area contributed by atoms with Gasteiger partial charge in [0.05, 0.1) is 44.1 Å². The van der Waals surface area contributed by atoms with E-state index >= 15 is 4.79 Å². The van der Waals surface area contributed by atoms with E-state index in [9.17, 15) is 19.5 Å². The minimum absolute atomic E-state index is 0.0123. The number of carbonyl (C=O) groups excluding carboxylic acids is 3. The molecule has 8 rings (SSSR count). The number of piperidine rings is 1. The third-order valence-corrected chi connectivity index (χ3v) is 15.2. The molecule has 3 aromatic rings. The summed E-state index contributed by atoms with van der Waals surface area (Å²) < 4.78 is 7.06. The molecule has 5 aliphatic heterocycles. The number of benzene rings is 3. The van der Waals surface area contributed by atoms with Crippen LogP contribution in [0, 0.1) is 5.92 Å². The molecule has 11 nitrogen and oxygen atoms in total. The van der Waals surface area contributed by atoms with E-state index in [1.807, 2.05) is 91.6 Å². The van der Waals surface area contributed by atoms with Crippen LogP contribution in [-0.2, 0) is 31.3 Å². The molecule has 3 aromatic carbocycles. The Morgan fingerprint density at radius 1 is 0.962 bits per heavy atom. The Morgan fingerprint density at radius 2 is 1.66 bits per heavy atom. The van der Waals surface area contributed by atoms with Gasteiger partial charge in [0, 0.05) is 34.9 Å². The Bertz CT molecular complexity index is 1870. The van der Waals surface area contributed by atoms with Gasteiger partial charge in [-0.25, -0.2) is 0 Å². The molecule has 280 valence electrons. The second-order valence-electron chi connectivity index (χ2n) is 16.1. The van der Waals surface area contributed by atoms with Gasteiger partial charge in [0.1, 0.15) is 5.54 Å². The lowest BCUT2D eigenvalue weighted by molar-refractivity contribution is -0.150. The van der Waals surface area contributed by atoms with Gasteiger partial charge in [0.25, 0.3) is 11.8 Å². The van der Waals surface area contributed by atoms with E-state index in [0.29, 0.717) is 49.5 Å². The zero-order chi connectivity index (χ0) is 37.1. The largest absolute Gasteiger partial charge is 0.432 e. The molecule has 3 N–H and O–H groups in total. The van der Waals surface area contributed by atoms with Gasteiger partial charge in [-0.2, -0.15) is 0 Å². The Hall–Kier alpha value is -4.07. The summed E-state index contributed by atoms with van der Waals surface area (Å²) in [6.07, 6.45) is 2.23. The SMILES string of the molecule is C[C@@H]1[C@@H]([Si](C)(C)O)[C@H](CC(=O)N2CCC[C@H]2CO)O[C@@]12C(=O)N(Cc1ccccc1)c1ccc(N3CN(c4ccccc4)C4(CCNCC4)C3=O)cc12. The fraction of sp³-hybridized carbons (Fsp3) is 0.488. The lowest BCUT2D eigenvalue weighted by atomic mass is 9.82. The first kappa shape index (κ1) is 35.9. The van der Waals surface area contributed by atoms with Crippen molar-refractivity contribution in [2.45, 2.75) is 87.5 Å². The third kappa shape index (κ3) is 5.81. The predicted octanol–water partition coefficient (Wildman–Crippen LogP) is 4.34. The van der Waals surface area contributed by atoms with Crippen molar-refractivity contribution in [1.29, 1.82) is 0 Å². The number of nitrogens with zero attached hydrogens (tertiary/aromatic N) is 4. The Labute approximate surface area is 312 Å². The maximum atomic E-state index is 15.1. The number of amides is 3. The van der Waals surface area contributed by atoms with Gasteiger partial charge in [-0.1, -0.05) is 55.5 Å². The third-order valence-electron chi connectivity index (χ3n) is 12.7. The zero-order valence-corrected chi connectivity index (χ0v) is 31.9. The number of nitrogens with one attached hydrogen (secondary N) is 1. The summed E-state index contributed by atoms with van der Waals surface area (Å²) in [5, 5.41) is 13.4. The van der Waals surface area contributed by atoms with Crippen molar-refractivity contribution < 1.29 is 29.0 Å². The van der Waals surface area contributed by atoms with Crippen LogP contribution in [0.25, 0.3) is 0 Å². The van der Waals surface area contributed by atoms with Crippen molar-refractivity contribution in [2.75, 3.05) is 47.6 Å². The van der Waals surface area contributed by atoms with E-state index in [-0.39, 0.29) is 36.8 Å². The van der Waals surface area contributed by atoms with Crippen LogP contribution in [-0.4, -0.2) is 91.4 Å². The van der Waals surface area contributed by atoms with Crippen molar-refractivity contribution in [3.8, 4) is 0 Å². The van der Waals surface area contributed by atoms with Crippen molar-refractivity contribution in [3.05, 3.63) is 90.0 Å². The van der Waals surface area contributed by atoms with E-state index < -0.39 is 37.0 Å². The maximum absolute atomic E-state index is 15.1. The molecule has 3 amide bonds.